The molecule has 0 saturated heterocycles. The highest BCUT2D eigenvalue weighted by Gasteiger charge is 2.03. The molecule has 1 aromatic heterocycles. The van der Waals surface area contributed by atoms with Crippen LogP contribution in [0.1, 0.15) is 11.1 Å². The van der Waals surface area contributed by atoms with Crippen molar-refractivity contribution >= 4 is 17.5 Å². The fraction of sp³-hybridized carbons (Fsp3) is 0.267. The minimum atomic E-state index is 0.0261. The molecule has 0 saturated carbocycles. The highest BCUT2D eigenvalue weighted by molar-refractivity contribution is 6.30. The molecule has 0 aliphatic carbocycles. The van der Waals surface area contributed by atoms with Crippen molar-refractivity contribution in [2.75, 3.05) is 6.54 Å². The van der Waals surface area contributed by atoms with Gasteiger partial charge in [-0.2, -0.15) is 0 Å². The maximum Gasteiger partial charge on any atom is 0.224 e. The zero-order valence-corrected chi connectivity index (χ0v) is 11.7. The van der Waals surface area contributed by atoms with Crippen LogP contribution < -0.4 is 5.32 Å². The molecule has 100 valence electrons. The number of aromatic nitrogens is 1. The monoisotopic (exact) mass is 276 g/mol. The lowest BCUT2D eigenvalue weighted by atomic mass is 10.1. The summed E-state index contributed by atoms with van der Waals surface area (Å²) in [7, 11) is 1.99. The number of hydrogen-bond donors (Lipinski definition) is 1. The first kappa shape index (κ1) is 13.7. The average Bonchev–Trinajstić information content (AvgIpc) is 2.75. The molecule has 4 heteroatoms. The average molecular weight is 277 g/mol. The summed E-state index contributed by atoms with van der Waals surface area (Å²) in [6, 6.07) is 9.44. The molecule has 3 nitrogen and oxygen atoms in total. The van der Waals surface area contributed by atoms with Crippen molar-refractivity contribution < 1.29 is 4.79 Å². The molecule has 1 heterocycles. The van der Waals surface area contributed by atoms with Gasteiger partial charge in [0.2, 0.25) is 5.91 Å². The Morgan fingerprint density at radius 2 is 2.16 bits per heavy atom. The van der Waals surface area contributed by atoms with Gasteiger partial charge in [-0.3, -0.25) is 4.79 Å². The molecule has 0 spiro atoms. The number of nitrogens with one attached hydrogen (secondary N) is 1. The molecule has 0 radical (unpaired) electrons. The van der Waals surface area contributed by atoms with Crippen LogP contribution in [0.2, 0.25) is 5.02 Å². The standard InChI is InChI=1S/C15H17ClN2O/c1-18-8-6-12(11-18)5-7-17-15(19)10-13-3-2-4-14(16)9-13/h2-4,6,8-9,11H,5,7,10H2,1H3,(H,17,19). The second kappa shape index (κ2) is 6.43. The molecular weight excluding hydrogens is 260 g/mol. The Kier molecular flexibility index (Phi) is 4.63. The van der Waals surface area contributed by atoms with Gasteiger partial charge in [0.25, 0.3) is 0 Å². The maximum absolute atomic E-state index is 11.8. The lowest BCUT2D eigenvalue weighted by Gasteiger charge is -2.05. The molecule has 19 heavy (non-hydrogen) atoms. The van der Waals surface area contributed by atoms with Crippen LogP contribution in [0.5, 0.6) is 0 Å². The molecule has 0 fully saturated rings. The number of halogens is 1. The van der Waals surface area contributed by atoms with Crippen molar-refractivity contribution in [2.24, 2.45) is 7.05 Å². The lowest BCUT2D eigenvalue weighted by molar-refractivity contribution is -0.120. The molecule has 0 aliphatic rings. The number of benzene rings is 1. The largest absolute Gasteiger partial charge is 0.357 e. The first-order valence-corrected chi connectivity index (χ1v) is 6.63. The van der Waals surface area contributed by atoms with Gasteiger partial charge in [0, 0.05) is 31.0 Å². The number of carbonyl (C=O) groups is 1. The van der Waals surface area contributed by atoms with Gasteiger partial charge in [0.1, 0.15) is 0 Å². The smallest absolute Gasteiger partial charge is 0.224 e. The van der Waals surface area contributed by atoms with E-state index in [9.17, 15) is 4.79 Å². The van der Waals surface area contributed by atoms with E-state index >= 15 is 0 Å². The third-order valence-corrected chi connectivity index (χ3v) is 3.12. The van der Waals surface area contributed by atoms with Gasteiger partial charge in [-0.15, -0.1) is 0 Å². The lowest BCUT2D eigenvalue weighted by Crippen LogP contribution is -2.27. The van der Waals surface area contributed by atoms with Gasteiger partial charge in [0.05, 0.1) is 6.42 Å². The summed E-state index contributed by atoms with van der Waals surface area (Å²) in [6.45, 7) is 0.656. The van der Waals surface area contributed by atoms with E-state index in [-0.39, 0.29) is 5.91 Å². The van der Waals surface area contributed by atoms with Gasteiger partial charge in [-0.25, -0.2) is 0 Å². The van der Waals surface area contributed by atoms with Gasteiger partial charge >= 0.3 is 0 Å². The molecule has 0 atom stereocenters. The zero-order valence-electron chi connectivity index (χ0n) is 10.9. The molecule has 2 aromatic rings. The summed E-state index contributed by atoms with van der Waals surface area (Å²) in [5.41, 5.74) is 2.16. The Bertz CT molecular complexity index is 563. The van der Waals surface area contributed by atoms with Crippen molar-refractivity contribution in [3.05, 3.63) is 58.9 Å². The van der Waals surface area contributed by atoms with Crippen LogP contribution in [0.4, 0.5) is 0 Å². The number of nitrogens with zero attached hydrogens (tertiary/aromatic N) is 1. The Morgan fingerprint density at radius 3 is 2.84 bits per heavy atom. The first-order valence-electron chi connectivity index (χ1n) is 6.25. The number of rotatable bonds is 5. The SMILES string of the molecule is Cn1ccc(CCNC(=O)Cc2cccc(Cl)c2)c1. The van der Waals surface area contributed by atoms with E-state index in [4.69, 9.17) is 11.6 Å². The van der Waals surface area contributed by atoms with Crippen molar-refractivity contribution in [3.8, 4) is 0 Å². The summed E-state index contributed by atoms with van der Waals surface area (Å²) in [4.78, 5) is 11.8. The van der Waals surface area contributed by atoms with Crippen LogP contribution in [0.15, 0.2) is 42.7 Å². The number of carbonyl (C=O) groups excluding carboxylic acids is 1. The van der Waals surface area contributed by atoms with E-state index in [2.05, 4.69) is 17.6 Å². The third kappa shape index (κ3) is 4.45. The minimum Gasteiger partial charge on any atom is -0.357 e. The van der Waals surface area contributed by atoms with E-state index in [1.54, 1.807) is 6.07 Å². The van der Waals surface area contributed by atoms with Crippen LogP contribution in [0.25, 0.3) is 0 Å². The number of hydrogen-bond acceptors (Lipinski definition) is 1. The second-order valence-electron chi connectivity index (χ2n) is 4.59. The van der Waals surface area contributed by atoms with Crippen LogP contribution in [-0.2, 0) is 24.7 Å². The van der Waals surface area contributed by atoms with Crippen molar-refractivity contribution in [2.45, 2.75) is 12.8 Å². The quantitative estimate of drug-likeness (QED) is 0.895. The van der Waals surface area contributed by atoms with Gasteiger partial charge < -0.3 is 9.88 Å². The molecule has 2 rings (SSSR count). The van der Waals surface area contributed by atoms with Gasteiger partial charge in [-0.1, -0.05) is 23.7 Å². The van der Waals surface area contributed by atoms with Crippen molar-refractivity contribution in [1.82, 2.24) is 9.88 Å². The summed E-state index contributed by atoms with van der Waals surface area (Å²) in [6.07, 6.45) is 5.28. The Hall–Kier alpha value is -1.74. The second-order valence-corrected chi connectivity index (χ2v) is 5.03. The molecule has 1 N–H and O–H groups in total. The van der Waals surface area contributed by atoms with E-state index in [0.29, 0.717) is 18.0 Å². The predicted octanol–water partition coefficient (Wildman–Crippen LogP) is 2.58. The van der Waals surface area contributed by atoms with Crippen LogP contribution in [-0.4, -0.2) is 17.0 Å². The molecule has 0 unspecified atom stereocenters. The van der Waals surface area contributed by atoms with E-state index in [1.807, 2.05) is 36.0 Å². The normalized spacial score (nSPS) is 10.4. The molecular formula is C15H17ClN2O. The summed E-state index contributed by atoms with van der Waals surface area (Å²) >= 11 is 5.88. The Labute approximate surface area is 118 Å². The summed E-state index contributed by atoms with van der Waals surface area (Å²) in [5, 5.41) is 3.58. The van der Waals surface area contributed by atoms with Crippen LogP contribution in [0.3, 0.4) is 0 Å². The Balaban J connectivity index is 1.76. The molecule has 0 aliphatic heterocycles. The van der Waals surface area contributed by atoms with Crippen molar-refractivity contribution in [3.63, 3.8) is 0 Å². The van der Waals surface area contributed by atoms with Crippen LogP contribution >= 0.6 is 11.6 Å². The third-order valence-electron chi connectivity index (χ3n) is 2.88. The predicted molar refractivity (Wildman–Crippen MR) is 77.3 cm³/mol. The number of amides is 1. The van der Waals surface area contributed by atoms with Gasteiger partial charge in [0.15, 0.2) is 0 Å². The maximum atomic E-state index is 11.8. The zero-order chi connectivity index (χ0) is 13.7. The first-order chi connectivity index (χ1) is 9.13. The van der Waals surface area contributed by atoms with E-state index in [0.717, 1.165) is 12.0 Å². The topological polar surface area (TPSA) is 34.0 Å². The van der Waals surface area contributed by atoms with Crippen LogP contribution in [0, 0.1) is 0 Å². The van der Waals surface area contributed by atoms with Crippen molar-refractivity contribution in [1.29, 1.82) is 0 Å². The fourth-order valence-corrected chi connectivity index (χ4v) is 2.16. The Morgan fingerprint density at radius 1 is 1.32 bits per heavy atom. The highest BCUT2D eigenvalue weighted by atomic mass is 35.5. The summed E-state index contributed by atoms with van der Waals surface area (Å²) in [5.74, 6) is 0.0261. The minimum absolute atomic E-state index is 0.0261. The van der Waals surface area contributed by atoms with E-state index in [1.165, 1.54) is 5.56 Å². The fourth-order valence-electron chi connectivity index (χ4n) is 1.95. The van der Waals surface area contributed by atoms with E-state index < -0.39 is 0 Å². The molecule has 1 amide bonds. The molecule has 1 aromatic carbocycles. The number of aryl methyl sites for hydroxylation is 1. The van der Waals surface area contributed by atoms with Gasteiger partial charge in [-0.05, 0) is 35.7 Å². The highest BCUT2D eigenvalue weighted by Crippen LogP contribution is 2.10. The molecule has 0 bridgehead atoms. The summed E-state index contributed by atoms with van der Waals surface area (Å²) < 4.78 is 2.00.